The molecule has 3 aromatic rings. The average Bonchev–Trinajstić information content (AvgIpc) is 3.15. The lowest BCUT2D eigenvalue weighted by atomic mass is 10.1. The van der Waals surface area contributed by atoms with Gasteiger partial charge >= 0.3 is 0 Å². The van der Waals surface area contributed by atoms with Crippen molar-refractivity contribution in [1.82, 2.24) is 14.8 Å². The van der Waals surface area contributed by atoms with Crippen LogP contribution in [0.25, 0.3) is 0 Å². The molecule has 0 radical (unpaired) electrons. The summed E-state index contributed by atoms with van der Waals surface area (Å²) in [4.78, 5) is 12.3. The van der Waals surface area contributed by atoms with Crippen molar-refractivity contribution in [3.8, 4) is 11.5 Å². The van der Waals surface area contributed by atoms with Gasteiger partial charge in [-0.05, 0) is 75.2 Å². The summed E-state index contributed by atoms with van der Waals surface area (Å²) >= 11 is 1.35. The number of methoxy groups -OCH3 is 1. The Balaban J connectivity index is 1.62. The second-order valence-electron chi connectivity index (χ2n) is 7.23. The quantitative estimate of drug-likeness (QED) is 0.482. The maximum Gasteiger partial charge on any atom is 0.234 e. The maximum atomic E-state index is 12.3. The first-order valence-electron chi connectivity index (χ1n) is 10.1. The van der Waals surface area contributed by atoms with Gasteiger partial charge in [0.1, 0.15) is 11.5 Å². The van der Waals surface area contributed by atoms with E-state index in [0.29, 0.717) is 11.7 Å². The van der Waals surface area contributed by atoms with Crippen molar-refractivity contribution in [1.29, 1.82) is 0 Å². The Kier molecular flexibility index (Phi) is 7.57. The molecule has 1 aromatic heterocycles. The molecule has 0 bridgehead atoms. The zero-order chi connectivity index (χ0) is 22.4. The number of nitrogens with zero attached hydrogens (tertiary/aromatic N) is 3. The van der Waals surface area contributed by atoms with Gasteiger partial charge in [-0.25, -0.2) is 0 Å². The number of thioether (sulfide) groups is 1. The highest BCUT2D eigenvalue weighted by atomic mass is 32.2. The minimum absolute atomic E-state index is 0.109. The predicted molar refractivity (Wildman–Crippen MR) is 123 cm³/mol. The van der Waals surface area contributed by atoms with E-state index >= 15 is 0 Å². The van der Waals surface area contributed by atoms with Crippen molar-refractivity contribution in [3.05, 3.63) is 59.4 Å². The maximum absolute atomic E-state index is 12.3. The first-order chi connectivity index (χ1) is 14.9. The van der Waals surface area contributed by atoms with Gasteiger partial charge in [-0.3, -0.25) is 4.79 Å². The van der Waals surface area contributed by atoms with Gasteiger partial charge in [-0.1, -0.05) is 17.8 Å². The molecule has 2 aromatic carbocycles. The molecule has 1 unspecified atom stereocenters. The van der Waals surface area contributed by atoms with E-state index in [-0.39, 0.29) is 17.8 Å². The van der Waals surface area contributed by atoms with Crippen LogP contribution in [0.15, 0.2) is 47.6 Å². The fourth-order valence-corrected chi connectivity index (χ4v) is 4.07. The minimum Gasteiger partial charge on any atom is -0.497 e. The molecular weight excluding hydrogens is 412 g/mol. The smallest absolute Gasteiger partial charge is 0.234 e. The molecule has 0 saturated carbocycles. The molecule has 0 aliphatic carbocycles. The summed E-state index contributed by atoms with van der Waals surface area (Å²) in [5.41, 5.74) is 3.02. The van der Waals surface area contributed by atoms with Crippen molar-refractivity contribution in [2.75, 3.05) is 18.2 Å². The lowest BCUT2D eigenvalue weighted by Gasteiger charge is -2.16. The summed E-state index contributed by atoms with van der Waals surface area (Å²) in [5, 5.41) is 12.2. The van der Waals surface area contributed by atoms with E-state index in [2.05, 4.69) is 21.6 Å². The van der Waals surface area contributed by atoms with Gasteiger partial charge < -0.3 is 19.4 Å². The molecule has 8 heteroatoms. The SMILES string of the molecule is CCn1c(SCC(=O)Nc2ccc(OC)cc2)nnc1C(C)Oc1cc(C)cc(C)c1. The lowest BCUT2D eigenvalue weighted by Crippen LogP contribution is -2.15. The number of anilines is 1. The summed E-state index contributed by atoms with van der Waals surface area (Å²) < 4.78 is 13.2. The van der Waals surface area contributed by atoms with Crippen LogP contribution in [0.3, 0.4) is 0 Å². The van der Waals surface area contributed by atoms with Crippen LogP contribution in [0.2, 0.25) is 0 Å². The number of hydrogen-bond acceptors (Lipinski definition) is 6. The minimum atomic E-state index is -0.267. The lowest BCUT2D eigenvalue weighted by molar-refractivity contribution is -0.113. The van der Waals surface area contributed by atoms with E-state index in [4.69, 9.17) is 9.47 Å². The monoisotopic (exact) mass is 440 g/mol. The molecule has 1 N–H and O–H groups in total. The Labute approximate surface area is 187 Å². The molecule has 1 atom stereocenters. The van der Waals surface area contributed by atoms with Crippen LogP contribution >= 0.6 is 11.8 Å². The molecule has 1 amide bonds. The van der Waals surface area contributed by atoms with Crippen molar-refractivity contribution in [3.63, 3.8) is 0 Å². The van der Waals surface area contributed by atoms with Crippen molar-refractivity contribution < 1.29 is 14.3 Å². The molecule has 1 heterocycles. The van der Waals surface area contributed by atoms with Crippen LogP contribution in [-0.4, -0.2) is 33.5 Å². The highest BCUT2D eigenvalue weighted by Crippen LogP contribution is 2.26. The third-order valence-electron chi connectivity index (χ3n) is 4.64. The third-order valence-corrected chi connectivity index (χ3v) is 5.61. The van der Waals surface area contributed by atoms with Gasteiger partial charge in [0.05, 0.1) is 12.9 Å². The molecule has 0 spiro atoms. The van der Waals surface area contributed by atoms with Crippen molar-refractivity contribution in [2.24, 2.45) is 0 Å². The number of carbonyl (C=O) groups is 1. The number of nitrogens with one attached hydrogen (secondary N) is 1. The Morgan fingerprint density at radius 2 is 1.77 bits per heavy atom. The number of amides is 1. The Hall–Kier alpha value is -3.00. The first-order valence-corrected chi connectivity index (χ1v) is 11.1. The number of rotatable bonds is 9. The average molecular weight is 441 g/mol. The van der Waals surface area contributed by atoms with Crippen LogP contribution in [0.5, 0.6) is 11.5 Å². The normalized spacial score (nSPS) is 11.8. The fourth-order valence-electron chi connectivity index (χ4n) is 3.26. The highest BCUT2D eigenvalue weighted by molar-refractivity contribution is 7.99. The van der Waals surface area contributed by atoms with Crippen molar-refractivity contribution in [2.45, 2.75) is 45.5 Å². The number of benzene rings is 2. The number of carbonyl (C=O) groups excluding carboxylic acids is 1. The topological polar surface area (TPSA) is 78.3 Å². The van der Waals surface area contributed by atoms with Crippen LogP contribution in [0.4, 0.5) is 5.69 Å². The third kappa shape index (κ3) is 6.01. The number of hydrogen-bond donors (Lipinski definition) is 1. The summed E-state index contributed by atoms with van der Waals surface area (Å²) in [6, 6.07) is 13.3. The summed E-state index contributed by atoms with van der Waals surface area (Å²) in [7, 11) is 1.61. The van der Waals surface area contributed by atoms with E-state index in [0.717, 1.165) is 34.1 Å². The zero-order valence-corrected chi connectivity index (χ0v) is 19.3. The van der Waals surface area contributed by atoms with Gasteiger partial charge in [0.2, 0.25) is 5.91 Å². The summed E-state index contributed by atoms with van der Waals surface area (Å²) in [6.07, 6.45) is -0.267. The second-order valence-corrected chi connectivity index (χ2v) is 8.18. The molecule has 3 rings (SSSR count). The van der Waals surface area contributed by atoms with E-state index in [1.807, 2.05) is 44.4 Å². The number of aryl methyl sites for hydroxylation is 2. The van der Waals surface area contributed by atoms with Gasteiger partial charge in [0, 0.05) is 12.2 Å². The molecule has 0 fully saturated rings. The molecule has 7 nitrogen and oxygen atoms in total. The molecule has 164 valence electrons. The van der Waals surface area contributed by atoms with Gasteiger partial charge in [-0.15, -0.1) is 10.2 Å². The van der Waals surface area contributed by atoms with Crippen LogP contribution in [0, 0.1) is 13.8 Å². The van der Waals surface area contributed by atoms with Gasteiger partial charge in [-0.2, -0.15) is 0 Å². The molecule has 0 aliphatic rings. The Morgan fingerprint density at radius 3 is 2.39 bits per heavy atom. The van der Waals surface area contributed by atoms with E-state index in [1.165, 1.54) is 11.8 Å². The van der Waals surface area contributed by atoms with Gasteiger partial charge in [0.15, 0.2) is 17.1 Å². The van der Waals surface area contributed by atoms with Gasteiger partial charge in [0.25, 0.3) is 0 Å². The Morgan fingerprint density at radius 1 is 1.10 bits per heavy atom. The van der Waals surface area contributed by atoms with E-state index < -0.39 is 0 Å². The summed E-state index contributed by atoms with van der Waals surface area (Å²) in [6.45, 7) is 8.76. The molecule has 0 aliphatic heterocycles. The predicted octanol–water partition coefficient (Wildman–Crippen LogP) is 4.79. The van der Waals surface area contributed by atoms with Crippen LogP contribution < -0.4 is 14.8 Å². The van der Waals surface area contributed by atoms with Crippen molar-refractivity contribution >= 4 is 23.4 Å². The molecule has 0 saturated heterocycles. The fraction of sp³-hybridized carbons (Fsp3) is 0.348. The largest absolute Gasteiger partial charge is 0.497 e. The van der Waals surface area contributed by atoms with E-state index in [9.17, 15) is 4.79 Å². The number of ether oxygens (including phenoxy) is 2. The molecule has 31 heavy (non-hydrogen) atoms. The zero-order valence-electron chi connectivity index (χ0n) is 18.5. The standard InChI is InChI=1S/C23H28N4O3S/c1-6-27-22(17(4)30-20-12-15(2)11-16(3)13-20)25-26-23(27)31-14-21(28)24-18-7-9-19(29-5)10-8-18/h7-13,17H,6,14H2,1-5H3,(H,24,28). The highest BCUT2D eigenvalue weighted by Gasteiger charge is 2.19. The van der Waals surface area contributed by atoms with Crippen LogP contribution in [-0.2, 0) is 11.3 Å². The Bertz CT molecular complexity index is 1010. The summed E-state index contributed by atoms with van der Waals surface area (Å²) in [5.74, 6) is 2.41. The van der Waals surface area contributed by atoms with E-state index in [1.54, 1.807) is 31.4 Å². The molecular formula is C23H28N4O3S. The van der Waals surface area contributed by atoms with Crippen LogP contribution in [0.1, 0.15) is 36.9 Å². The number of aromatic nitrogens is 3. The first kappa shape index (κ1) is 22.7. The second kappa shape index (κ2) is 10.3.